The molecule has 0 saturated carbocycles. The Bertz CT molecular complexity index is 352. The molecule has 4 atom stereocenters. The molecule has 0 N–H and O–H groups in total. The van der Waals surface area contributed by atoms with Gasteiger partial charge in [-0.3, -0.25) is 0 Å². The van der Waals surface area contributed by atoms with Crippen LogP contribution in [0.15, 0.2) is 23.3 Å². The predicted octanol–water partition coefficient (Wildman–Crippen LogP) is 6.46. The highest BCUT2D eigenvalue weighted by molar-refractivity contribution is 9.09. The van der Waals surface area contributed by atoms with Crippen LogP contribution in [0.1, 0.15) is 53.4 Å². The number of halogens is 2. The van der Waals surface area contributed by atoms with Gasteiger partial charge in [0.15, 0.2) is 12.6 Å². The van der Waals surface area contributed by atoms with Gasteiger partial charge in [0.2, 0.25) is 0 Å². The summed E-state index contributed by atoms with van der Waals surface area (Å²) in [7, 11) is 3.42. The molecule has 5 heteroatoms. The summed E-state index contributed by atoms with van der Waals surface area (Å²) in [6.07, 6.45) is 8.06. The van der Waals surface area contributed by atoms with Crippen LogP contribution < -0.4 is 0 Å². The number of hydrogen-bond donors (Lipinski definition) is 0. The monoisotopic (exact) mass is 482 g/mol. The fraction of sp³-hybridized carbons (Fsp3) is 0.800. The van der Waals surface area contributed by atoms with Gasteiger partial charge in [-0.2, -0.15) is 0 Å². The van der Waals surface area contributed by atoms with E-state index in [4.69, 9.17) is 14.2 Å². The molecule has 0 spiro atoms. The first-order valence-electron chi connectivity index (χ1n) is 8.99. The molecule has 0 aliphatic heterocycles. The van der Waals surface area contributed by atoms with Gasteiger partial charge in [-0.1, -0.05) is 55.2 Å². The minimum atomic E-state index is -0.278. The Kier molecular flexibility index (Phi) is 15.6. The molecular weight excluding hydrogens is 448 g/mol. The Morgan fingerprint density at radius 3 is 1.36 bits per heavy atom. The van der Waals surface area contributed by atoms with Crippen LogP contribution in [0.5, 0.6) is 0 Å². The molecule has 0 aliphatic rings. The van der Waals surface area contributed by atoms with Crippen LogP contribution in [0.3, 0.4) is 0 Å². The normalized spacial score (nSPS) is 16.0. The van der Waals surface area contributed by atoms with Crippen molar-refractivity contribution in [1.82, 2.24) is 0 Å². The van der Waals surface area contributed by atoms with Gasteiger partial charge in [0.05, 0.1) is 0 Å². The zero-order valence-electron chi connectivity index (χ0n) is 16.7. The zero-order valence-corrected chi connectivity index (χ0v) is 19.9. The smallest absolute Gasteiger partial charge is 0.163 e. The van der Waals surface area contributed by atoms with Crippen molar-refractivity contribution in [3.05, 3.63) is 23.3 Å². The maximum absolute atomic E-state index is 6.22. The molecule has 0 radical (unpaired) electrons. The fourth-order valence-electron chi connectivity index (χ4n) is 2.59. The van der Waals surface area contributed by atoms with Crippen molar-refractivity contribution < 1.29 is 14.2 Å². The topological polar surface area (TPSA) is 27.7 Å². The van der Waals surface area contributed by atoms with E-state index in [9.17, 15) is 0 Å². The second-order valence-electron chi connectivity index (χ2n) is 6.89. The van der Waals surface area contributed by atoms with Gasteiger partial charge >= 0.3 is 0 Å². The number of alkyl halides is 2. The number of hydrogen-bond acceptors (Lipinski definition) is 3. The number of methoxy groups -OCH3 is 2. The van der Waals surface area contributed by atoms with Crippen LogP contribution in [0, 0.1) is 11.8 Å². The molecule has 0 amide bonds. The summed E-state index contributed by atoms with van der Waals surface area (Å²) in [6.45, 7) is 8.51. The molecule has 0 aromatic heterocycles. The van der Waals surface area contributed by atoms with Crippen molar-refractivity contribution in [2.45, 2.75) is 66.0 Å². The Morgan fingerprint density at radius 2 is 1.12 bits per heavy atom. The highest BCUT2D eigenvalue weighted by Gasteiger charge is 2.28. The molecule has 0 aromatic rings. The van der Waals surface area contributed by atoms with E-state index in [1.165, 1.54) is 11.1 Å². The summed E-state index contributed by atoms with van der Waals surface area (Å²) in [5.74, 6) is 0.569. The van der Waals surface area contributed by atoms with Gasteiger partial charge in [-0.05, 0) is 53.4 Å². The highest BCUT2D eigenvalue weighted by Crippen LogP contribution is 2.25. The lowest BCUT2D eigenvalue weighted by Crippen LogP contribution is -2.37. The minimum Gasteiger partial charge on any atom is -0.355 e. The molecule has 3 nitrogen and oxygen atoms in total. The SMILES string of the molecule is COC(OC(OC)C(CBr)CCC=C(C)C)C(CBr)CCC=C(C)C. The van der Waals surface area contributed by atoms with Crippen molar-refractivity contribution in [3.8, 4) is 0 Å². The summed E-state index contributed by atoms with van der Waals surface area (Å²) < 4.78 is 17.5. The van der Waals surface area contributed by atoms with Crippen LogP contribution in [0.2, 0.25) is 0 Å². The van der Waals surface area contributed by atoms with Crippen LogP contribution >= 0.6 is 31.9 Å². The van der Waals surface area contributed by atoms with Crippen LogP contribution in [0.25, 0.3) is 0 Å². The molecule has 0 bridgehead atoms. The molecular formula is C20H36Br2O3. The third kappa shape index (κ3) is 11.6. The summed E-state index contributed by atoms with van der Waals surface area (Å²) in [6, 6.07) is 0. The van der Waals surface area contributed by atoms with Gasteiger partial charge in [-0.25, -0.2) is 0 Å². The Hall–Kier alpha value is 0.320. The first kappa shape index (κ1) is 25.3. The average molecular weight is 484 g/mol. The van der Waals surface area contributed by atoms with Gasteiger partial charge in [0.1, 0.15) is 0 Å². The Balaban J connectivity index is 4.81. The number of ether oxygens (including phenoxy) is 3. The van der Waals surface area contributed by atoms with E-state index < -0.39 is 0 Å². The standard InChI is InChI=1S/C20H36Br2O3/c1-15(2)9-7-11-17(13-21)19(23-5)25-20(24-6)18(14-22)12-8-10-16(3)4/h9-10,17-20H,7-8,11-14H2,1-6H3. The molecule has 0 aliphatic carbocycles. The highest BCUT2D eigenvalue weighted by atomic mass is 79.9. The molecule has 4 unspecified atom stereocenters. The molecule has 0 rings (SSSR count). The molecule has 25 heavy (non-hydrogen) atoms. The Morgan fingerprint density at radius 1 is 0.760 bits per heavy atom. The molecule has 148 valence electrons. The molecule has 0 fully saturated rings. The van der Waals surface area contributed by atoms with Crippen molar-refractivity contribution in [2.75, 3.05) is 24.9 Å². The maximum Gasteiger partial charge on any atom is 0.163 e. The Labute approximate surface area is 171 Å². The van der Waals surface area contributed by atoms with E-state index in [0.717, 1.165) is 36.3 Å². The van der Waals surface area contributed by atoms with Gasteiger partial charge in [0.25, 0.3) is 0 Å². The van der Waals surface area contributed by atoms with Gasteiger partial charge in [-0.15, -0.1) is 0 Å². The third-order valence-electron chi connectivity index (χ3n) is 4.08. The lowest BCUT2D eigenvalue weighted by Gasteiger charge is -2.31. The third-order valence-corrected chi connectivity index (χ3v) is 5.74. The fourth-order valence-corrected chi connectivity index (χ4v) is 3.85. The summed E-state index contributed by atoms with van der Waals surface area (Å²) in [5.41, 5.74) is 2.69. The van der Waals surface area contributed by atoms with Crippen LogP contribution in [-0.2, 0) is 14.2 Å². The first-order chi connectivity index (χ1) is 11.9. The lowest BCUT2D eigenvalue weighted by molar-refractivity contribution is -0.260. The van der Waals surface area contributed by atoms with E-state index in [-0.39, 0.29) is 24.4 Å². The average Bonchev–Trinajstić information content (AvgIpc) is 2.57. The van der Waals surface area contributed by atoms with Gasteiger partial charge < -0.3 is 14.2 Å². The zero-order chi connectivity index (χ0) is 19.2. The van der Waals surface area contributed by atoms with E-state index >= 15 is 0 Å². The van der Waals surface area contributed by atoms with Crippen molar-refractivity contribution in [2.24, 2.45) is 11.8 Å². The molecule has 0 aromatic carbocycles. The quantitative estimate of drug-likeness (QED) is 0.161. The first-order valence-corrected chi connectivity index (χ1v) is 11.2. The predicted molar refractivity (Wildman–Crippen MR) is 115 cm³/mol. The van der Waals surface area contributed by atoms with E-state index in [1.807, 2.05) is 0 Å². The van der Waals surface area contributed by atoms with Crippen LogP contribution in [0.4, 0.5) is 0 Å². The summed E-state index contributed by atoms with van der Waals surface area (Å²) in [4.78, 5) is 0. The van der Waals surface area contributed by atoms with Crippen molar-refractivity contribution in [1.29, 1.82) is 0 Å². The van der Waals surface area contributed by atoms with Crippen molar-refractivity contribution >= 4 is 31.9 Å². The number of allylic oxidation sites excluding steroid dienone is 4. The maximum atomic E-state index is 6.22. The number of rotatable bonds is 14. The van der Waals surface area contributed by atoms with E-state index in [1.54, 1.807) is 14.2 Å². The van der Waals surface area contributed by atoms with Crippen molar-refractivity contribution in [3.63, 3.8) is 0 Å². The lowest BCUT2D eigenvalue weighted by atomic mass is 10.0. The molecule has 0 saturated heterocycles. The minimum absolute atomic E-state index is 0.278. The van der Waals surface area contributed by atoms with Gasteiger partial charge in [0, 0.05) is 36.7 Å². The van der Waals surface area contributed by atoms with E-state index in [0.29, 0.717) is 0 Å². The van der Waals surface area contributed by atoms with E-state index in [2.05, 4.69) is 71.7 Å². The molecule has 0 heterocycles. The largest absolute Gasteiger partial charge is 0.355 e. The second kappa shape index (κ2) is 15.4. The van der Waals surface area contributed by atoms with Crippen LogP contribution in [-0.4, -0.2) is 37.5 Å². The summed E-state index contributed by atoms with van der Waals surface area (Å²) >= 11 is 7.22. The second-order valence-corrected chi connectivity index (χ2v) is 8.19. The summed E-state index contributed by atoms with van der Waals surface area (Å²) in [5, 5.41) is 1.69.